The zero-order chi connectivity index (χ0) is 22.3. The van der Waals surface area contributed by atoms with E-state index in [1.165, 1.54) is 11.8 Å². The van der Waals surface area contributed by atoms with Crippen molar-refractivity contribution in [1.82, 2.24) is 10.3 Å². The van der Waals surface area contributed by atoms with Crippen LogP contribution in [0.2, 0.25) is 0 Å². The van der Waals surface area contributed by atoms with Gasteiger partial charge in [-0.2, -0.15) is 0 Å². The molecule has 2 N–H and O–H groups in total. The number of carbonyl (C=O) groups is 1. The van der Waals surface area contributed by atoms with Gasteiger partial charge in [-0.1, -0.05) is 48.5 Å². The van der Waals surface area contributed by atoms with Crippen LogP contribution in [-0.4, -0.2) is 37.4 Å². The van der Waals surface area contributed by atoms with Gasteiger partial charge in [-0.3, -0.25) is 4.79 Å². The van der Waals surface area contributed by atoms with E-state index in [4.69, 9.17) is 9.47 Å². The number of carbonyl (C=O) groups excluding carboxylic acids is 1. The second-order valence-corrected chi connectivity index (χ2v) is 8.38. The van der Waals surface area contributed by atoms with E-state index >= 15 is 0 Å². The average molecular weight is 447 g/mol. The number of methoxy groups -OCH3 is 2. The number of thioether (sulfide) groups is 1. The number of aromatic amines is 1. The Morgan fingerprint density at radius 2 is 1.72 bits per heavy atom. The van der Waals surface area contributed by atoms with Crippen LogP contribution in [0, 0.1) is 0 Å². The first-order valence-electron chi connectivity index (χ1n) is 10.4. The topological polar surface area (TPSA) is 63.3 Å². The molecule has 0 saturated heterocycles. The molecule has 1 unspecified atom stereocenters. The normalized spacial score (nSPS) is 11.8. The van der Waals surface area contributed by atoms with Gasteiger partial charge in [0.05, 0.1) is 20.0 Å². The third-order valence-corrected chi connectivity index (χ3v) is 6.43. The van der Waals surface area contributed by atoms with E-state index in [9.17, 15) is 4.79 Å². The summed E-state index contributed by atoms with van der Waals surface area (Å²) < 4.78 is 11.2. The highest BCUT2D eigenvalue weighted by Crippen LogP contribution is 2.40. The van der Waals surface area contributed by atoms with Crippen molar-refractivity contribution in [3.63, 3.8) is 0 Å². The highest BCUT2D eigenvalue weighted by atomic mass is 32.2. The predicted octanol–water partition coefficient (Wildman–Crippen LogP) is 5.23. The zero-order valence-corrected chi connectivity index (χ0v) is 18.9. The summed E-state index contributed by atoms with van der Waals surface area (Å²) in [6, 6.07) is 24.0. The summed E-state index contributed by atoms with van der Waals surface area (Å²) in [5.74, 6) is 1.59. The minimum atomic E-state index is -0.109. The van der Waals surface area contributed by atoms with E-state index in [1.807, 2.05) is 72.9 Å². The van der Waals surface area contributed by atoms with E-state index in [0.29, 0.717) is 23.8 Å². The highest BCUT2D eigenvalue weighted by molar-refractivity contribution is 8.00. The van der Waals surface area contributed by atoms with Gasteiger partial charge < -0.3 is 19.8 Å². The average Bonchev–Trinajstić information content (AvgIpc) is 3.27. The summed E-state index contributed by atoms with van der Waals surface area (Å²) >= 11 is 1.53. The number of hydrogen-bond acceptors (Lipinski definition) is 4. The number of para-hydroxylation sites is 2. The molecule has 1 heterocycles. The van der Waals surface area contributed by atoms with Gasteiger partial charge in [0.25, 0.3) is 0 Å². The van der Waals surface area contributed by atoms with Gasteiger partial charge in [0.2, 0.25) is 5.91 Å². The van der Waals surface area contributed by atoms with Crippen LogP contribution >= 0.6 is 11.8 Å². The van der Waals surface area contributed by atoms with Crippen molar-refractivity contribution in [3.8, 4) is 11.5 Å². The fourth-order valence-electron chi connectivity index (χ4n) is 3.89. The molecule has 0 radical (unpaired) electrons. The maximum Gasteiger partial charge on any atom is 0.230 e. The van der Waals surface area contributed by atoms with E-state index in [2.05, 4.69) is 16.4 Å². The van der Waals surface area contributed by atoms with Gasteiger partial charge >= 0.3 is 0 Å². The Balaban J connectivity index is 1.61. The van der Waals surface area contributed by atoms with Crippen molar-refractivity contribution in [2.24, 2.45) is 0 Å². The summed E-state index contributed by atoms with van der Waals surface area (Å²) in [5, 5.41) is 4.24. The first kappa shape index (κ1) is 21.8. The number of fused-ring (bicyclic) bond motifs is 1. The van der Waals surface area contributed by atoms with Crippen LogP contribution in [0.25, 0.3) is 10.9 Å². The lowest BCUT2D eigenvalue weighted by molar-refractivity contribution is -0.118. The monoisotopic (exact) mass is 446 g/mol. The Labute approximate surface area is 192 Å². The highest BCUT2D eigenvalue weighted by Gasteiger charge is 2.24. The minimum Gasteiger partial charge on any atom is -0.493 e. The SMILES string of the molecule is COc1cccc(C(CNC(=O)CSc2ccccc2)c2c[nH]c3ccccc23)c1OC. The van der Waals surface area contributed by atoms with Crippen molar-refractivity contribution >= 4 is 28.6 Å². The maximum atomic E-state index is 12.7. The van der Waals surface area contributed by atoms with Crippen LogP contribution in [-0.2, 0) is 4.79 Å². The minimum absolute atomic E-state index is 0.00874. The summed E-state index contributed by atoms with van der Waals surface area (Å²) in [6.45, 7) is 0.444. The number of benzene rings is 3. The lowest BCUT2D eigenvalue weighted by atomic mass is 9.90. The van der Waals surface area contributed by atoms with Crippen molar-refractivity contribution < 1.29 is 14.3 Å². The molecule has 4 rings (SSSR count). The van der Waals surface area contributed by atoms with Crippen LogP contribution < -0.4 is 14.8 Å². The van der Waals surface area contributed by atoms with Crippen LogP contribution in [0.1, 0.15) is 17.0 Å². The number of H-pyrrole nitrogens is 1. The summed E-state index contributed by atoms with van der Waals surface area (Å²) in [5.41, 5.74) is 3.12. The van der Waals surface area contributed by atoms with Gasteiger partial charge in [0, 0.05) is 40.0 Å². The summed E-state index contributed by atoms with van der Waals surface area (Å²) in [4.78, 5) is 17.1. The molecule has 1 amide bonds. The zero-order valence-electron chi connectivity index (χ0n) is 18.1. The molecule has 32 heavy (non-hydrogen) atoms. The number of hydrogen-bond donors (Lipinski definition) is 2. The van der Waals surface area contributed by atoms with Gasteiger partial charge in [-0.25, -0.2) is 0 Å². The predicted molar refractivity (Wildman–Crippen MR) is 130 cm³/mol. The fraction of sp³-hybridized carbons (Fsp3) is 0.192. The summed E-state index contributed by atoms with van der Waals surface area (Å²) in [7, 11) is 3.27. The quantitative estimate of drug-likeness (QED) is 0.346. The molecule has 164 valence electrons. The Morgan fingerprint density at radius 3 is 2.50 bits per heavy atom. The molecular formula is C26H26N2O3S. The van der Waals surface area contributed by atoms with E-state index in [1.54, 1.807) is 14.2 Å². The number of rotatable bonds is 9. The lowest BCUT2D eigenvalue weighted by Gasteiger charge is -2.22. The molecule has 0 fully saturated rings. The number of nitrogens with one attached hydrogen (secondary N) is 2. The van der Waals surface area contributed by atoms with Crippen LogP contribution in [0.15, 0.2) is 83.9 Å². The molecule has 0 aliphatic heterocycles. The third kappa shape index (κ3) is 4.75. The van der Waals surface area contributed by atoms with Gasteiger partial charge in [-0.15, -0.1) is 11.8 Å². The van der Waals surface area contributed by atoms with E-state index in [0.717, 1.165) is 26.9 Å². The number of amides is 1. The second kappa shape index (κ2) is 10.3. The van der Waals surface area contributed by atoms with Crippen LogP contribution in [0.5, 0.6) is 11.5 Å². The Bertz CT molecular complexity index is 1190. The van der Waals surface area contributed by atoms with Crippen molar-refractivity contribution in [2.45, 2.75) is 10.8 Å². The molecule has 0 aliphatic rings. The molecule has 0 saturated carbocycles. The number of aromatic nitrogens is 1. The molecule has 4 aromatic rings. The largest absolute Gasteiger partial charge is 0.493 e. The summed E-state index contributed by atoms with van der Waals surface area (Å²) in [6.07, 6.45) is 2.01. The first-order chi connectivity index (χ1) is 15.7. The van der Waals surface area contributed by atoms with E-state index in [-0.39, 0.29) is 11.8 Å². The standard InChI is InChI=1S/C26H26N2O3S/c1-30-24-14-8-12-20(26(24)31-2)22(21-15-27-23-13-7-6-11-19(21)23)16-28-25(29)17-32-18-9-4-3-5-10-18/h3-15,22,27H,16-17H2,1-2H3,(H,28,29). The Morgan fingerprint density at radius 1 is 0.938 bits per heavy atom. The molecule has 0 spiro atoms. The maximum absolute atomic E-state index is 12.7. The van der Waals surface area contributed by atoms with E-state index < -0.39 is 0 Å². The van der Waals surface area contributed by atoms with Crippen molar-refractivity contribution in [3.05, 3.63) is 90.1 Å². The van der Waals surface area contributed by atoms with Crippen LogP contribution in [0.4, 0.5) is 0 Å². The van der Waals surface area contributed by atoms with Gasteiger partial charge in [0.1, 0.15) is 0 Å². The smallest absolute Gasteiger partial charge is 0.230 e. The molecule has 0 bridgehead atoms. The first-order valence-corrected chi connectivity index (χ1v) is 11.4. The molecule has 5 nitrogen and oxygen atoms in total. The fourth-order valence-corrected chi connectivity index (χ4v) is 4.64. The molecule has 0 aliphatic carbocycles. The Hall–Kier alpha value is -3.38. The van der Waals surface area contributed by atoms with Crippen LogP contribution in [0.3, 0.4) is 0 Å². The van der Waals surface area contributed by atoms with Gasteiger partial charge in [-0.05, 0) is 29.8 Å². The van der Waals surface area contributed by atoms with Crippen molar-refractivity contribution in [1.29, 1.82) is 0 Å². The Kier molecular flexibility index (Phi) is 7.02. The molecule has 3 aromatic carbocycles. The second-order valence-electron chi connectivity index (χ2n) is 7.33. The molecule has 6 heteroatoms. The molecule has 1 atom stereocenters. The molecule has 1 aromatic heterocycles. The molecular weight excluding hydrogens is 420 g/mol. The lowest BCUT2D eigenvalue weighted by Crippen LogP contribution is -2.30. The number of ether oxygens (including phenoxy) is 2. The van der Waals surface area contributed by atoms with Crippen molar-refractivity contribution in [2.75, 3.05) is 26.5 Å². The van der Waals surface area contributed by atoms with Gasteiger partial charge in [0.15, 0.2) is 11.5 Å². The third-order valence-electron chi connectivity index (χ3n) is 5.42.